The number of aryl methyl sites for hydroxylation is 1. The Morgan fingerprint density at radius 3 is 2.80 bits per heavy atom. The molecule has 3 amide bonds. The lowest BCUT2D eigenvalue weighted by atomic mass is 9.99. The van der Waals surface area contributed by atoms with E-state index < -0.39 is 30.1 Å². The van der Waals surface area contributed by atoms with Crippen molar-refractivity contribution in [3.05, 3.63) is 34.9 Å². The number of hydrogen-bond acceptors (Lipinski definition) is 4. The summed E-state index contributed by atoms with van der Waals surface area (Å²) < 4.78 is 13.6. The Labute approximate surface area is 174 Å². The molecule has 0 aromatic heterocycles. The van der Waals surface area contributed by atoms with Crippen LogP contribution in [0.4, 0.5) is 4.39 Å². The van der Waals surface area contributed by atoms with Crippen LogP contribution in [0.5, 0.6) is 0 Å². The number of nitrogens with one attached hydrogen (secondary N) is 1. The van der Waals surface area contributed by atoms with Crippen LogP contribution in [0.1, 0.15) is 42.9 Å². The monoisotopic (exact) mass is 415 g/mol. The van der Waals surface area contributed by atoms with Gasteiger partial charge in [-0.05, 0) is 29.5 Å². The zero-order valence-corrected chi connectivity index (χ0v) is 17.0. The third-order valence-electron chi connectivity index (χ3n) is 6.47. The lowest BCUT2D eigenvalue weighted by Crippen LogP contribution is -2.47. The molecule has 3 heterocycles. The highest BCUT2D eigenvalue weighted by Crippen LogP contribution is 2.30. The van der Waals surface area contributed by atoms with Crippen molar-refractivity contribution < 1.29 is 23.6 Å². The SMILES string of the molecule is CCc1cccc2c1CN(C(=O)C[C@@H]1C[C@@H](C(=O)N3CC(F)C[C@H]3C=O)NC1=O)C2. The first-order chi connectivity index (χ1) is 14.4. The summed E-state index contributed by atoms with van der Waals surface area (Å²) in [5.74, 6) is -1.50. The second kappa shape index (κ2) is 8.16. The van der Waals surface area contributed by atoms with Gasteiger partial charge in [0.15, 0.2) is 0 Å². The van der Waals surface area contributed by atoms with Crippen molar-refractivity contribution in [3.63, 3.8) is 0 Å². The Morgan fingerprint density at radius 1 is 1.27 bits per heavy atom. The summed E-state index contributed by atoms with van der Waals surface area (Å²) in [6, 6.07) is 4.49. The topological polar surface area (TPSA) is 86.8 Å². The summed E-state index contributed by atoms with van der Waals surface area (Å²) in [6.45, 7) is 3.03. The largest absolute Gasteiger partial charge is 0.344 e. The van der Waals surface area contributed by atoms with Gasteiger partial charge in [-0.15, -0.1) is 0 Å². The molecule has 4 atom stereocenters. The molecule has 8 heteroatoms. The molecule has 3 aliphatic rings. The molecule has 1 N–H and O–H groups in total. The zero-order chi connectivity index (χ0) is 21.4. The number of hydrogen-bond donors (Lipinski definition) is 1. The van der Waals surface area contributed by atoms with Crippen LogP contribution in [0.2, 0.25) is 0 Å². The lowest BCUT2D eigenvalue weighted by Gasteiger charge is -2.23. The first kappa shape index (κ1) is 20.5. The standard InChI is InChI=1S/C22H26FN3O4/c1-2-13-4-3-5-14-9-25(11-18(13)14)20(28)7-15-6-19(24-21(15)29)22(30)26-10-16(23)8-17(26)12-27/h3-5,12,15-17,19H,2,6-11H2,1H3,(H,24,29)/t15-,16?,17-,19-/m0/s1. The Hall–Kier alpha value is -2.77. The van der Waals surface area contributed by atoms with E-state index in [1.165, 1.54) is 16.0 Å². The van der Waals surface area contributed by atoms with E-state index in [4.69, 9.17) is 0 Å². The van der Waals surface area contributed by atoms with Crippen LogP contribution in [0.25, 0.3) is 0 Å². The van der Waals surface area contributed by atoms with Crippen molar-refractivity contribution in [2.75, 3.05) is 6.54 Å². The maximum absolute atomic E-state index is 13.6. The van der Waals surface area contributed by atoms with Gasteiger partial charge in [-0.1, -0.05) is 25.1 Å². The van der Waals surface area contributed by atoms with Gasteiger partial charge in [0.25, 0.3) is 0 Å². The van der Waals surface area contributed by atoms with E-state index in [1.54, 1.807) is 4.90 Å². The smallest absolute Gasteiger partial charge is 0.245 e. The van der Waals surface area contributed by atoms with Crippen LogP contribution < -0.4 is 5.32 Å². The summed E-state index contributed by atoms with van der Waals surface area (Å²) >= 11 is 0. The molecule has 2 fully saturated rings. The Bertz CT molecular complexity index is 889. The van der Waals surface area contributed by atoms with Crippen LogP contribution in [0.15, 0.2) is 18.2 Å². The van der Waals surface area contributed by atoms with E-state index in [-0.39, 0.29) is 37.6 Å². The van der Waals surface area contributed by atoms with E-state index >= 15 is 0 Å². The fraction of sp³-hybridized carbons (Fsp3) is 0.545. The molecule has 1 aromatic carbocycles. The fourth-order valence-corrected chi connectivity index (χ4v) is 4.81. The van der Waals surface area contributed by atoms with Gasteiger partial charge in [0.05, 0.1) is 12.6 Å². The van der Waals surface area contributed by atoms with Crippen molar-refractivity contribution >= 4 is 24.0 Å². The molecule has 0 bridgehead atoms. The molecule has 1 unspecified atom stereocenters. The summed E-state index contributed by atoms with van der Waals surface area (Å²) in [5.41, 5.74) is 3.56. The number of amides is 3. The van der Waals surface area contributed by atoms with Crippen molar-refractivity contribution in [1.29, 1.82) is 0 Å². The quantitative estimate of drug-likeness (QED) is 0.731. The first-order valence-corrected chi connectivity index (χ1v) is 10.5. The second-order valence-corrected chi connectivity index (χ2v) is 8.38. The number of benzene rings is 1. The molecule has 0 radical (unpaired) electrons. The molecule has 2 saturated heterocycles. The minimum atomic E-state index is -1.23. The predicted molar refractivity (Wildman–Crippen MR) is 106 cm³/mol. The maximum atomic E-state index is 13.6. The van der Waals surface area contributed by atoms with Gasteiger partial charge >= 0.3 is 0 Å². The Balaban J connectivity index is 1.37. The molecular weight excluding hydrogens is 389 g/mol. The Morgan fingerprint density at radius 2 is 2.07 bits per heavy atom. The molecule has 0 saturated carbocycles. The number of likely N-dealkylation sites (tertiary alicyclic amines) is 1. The number of halogens is 1. The molecule has 7 nitrogen and oxygen atoms in total. The van der Waals surface area contributed by atoms with Gasteiger partial charge < -0.3 is 19.9 Å². The van der Waals surface area contributed by atoms with Gasteiger partial charge in [0.1, 0.15) is 18.5 Å². The van der Waals surface area contributed by atoms with E-state index in [9.17, 15) is 23.6 Å². The van der Waals surface area contributed by atoms with Crippen LogP contribution in [0.3, 0.4) is 0 Å². The second-order valence-electron chi connectivity index (χ2n) is 8.38. The molecular formula is C22H26FN3O4. The number of alkyl halides is 1. The molecule has 0 aliphatic carbocycles. The minimum Gasteiger partial charge on any atom is -0.344 e. The number of carbonyl (C=O) groups is 4. The lowest BCUT2D eigenvalue weighted by molar-refractivity contribution is -0.137. The molecule has 0 spiro atoms. The zero-order valence-electron chi connectivity index (χ0n) is 17.0. The molecule has 30 heavy (non-hydrogen) atoms. The normalized spacial score (nSPS) is 27.9. The van der Waals surface area contributed by atoms with Gasteiger partial charge in [-0.2, -0.15) is 0 Å². The first-order valence-electron chi connectivity index (χ1n) is 10.5. The van der Waals surface area contributed by atoms with Crippen LogP contribution >= 0.6 is 0 Å². The maximum Gasteiger partial charge on any atom is 0.245 e. The number of aldehydes is 1. The number of rotatable bonds is 5. The van der Waals surface area contributed by atoms with E-state index in [2.05, 4.69) is 18.3 Å². The highest BCUT2D eigenvalue weighted by molar-refractivity contribution is 5.95. The van der Waals surface area contributed by atoms with Gasteiger partial charge in [-0.25, -0.2) is 4.39 Å². The molecule has 4 rings (SSSR count). The average molecular weight is 415 g/mol. The highest BCUT2D eigenvalue weighted by Gasteiger charge is 2.43. The Kier molecular flexibility index (Phi) is 5.58. The third-order valence-corrected chi connectivity index (χ3v) is 6.47. The van der Waals surface area contributed by atoms with E-state index in [1.807, 2.05) is 12.1 Å². The predicted octanol–water partition coefficient (Wildman–Crippen LogP) is 1.12. The highest BCUT2D eigenvalue weighted by atomic mass is 19.1. The van der Waals surface area contributed by atoms with Crippen LogP contribution in [0, 0.1) is 5.92 Å². The number of fused-ring (bicyclic) bond motifs is 1. The molecule has 160 valence electrons. The molecule has 3 aliphatic heterocycles. The fourth-order valence-electron chi connectivity index (χ4n) is 4.81. The summed E-state index contributed by atoms with van der Waals surface area (Å²) in [4.78, 5) is 52.0. The van der Waals surface area contributed by atoms with Crippen molar-refractivity contribution in [3.8, 4) is 0 Å². The third kappa shape index (κ3) is 3.70. The van der Waals surface area contributed by atoms with Crippen molar-refractivity contribution in [2.24, 2.45) is 5.92 Å². The minimum absolute atomic E-state index is 0.00686. The summed E-state index contributed by atoms with van der Waals surface area (Å²) in [7, 11) is 0. The summed E-state index contributed by atoms with van der Waals surface area (Å²) in [5, 5.41) is 2.63. The average Bonchev–Trinajstić information content (AvgIpc) is 3.43. The molecule has 1 aromatic rings. The van der Waals surface area contributed by atoms with E-state index in [0.717, 1.165) is 12.0 Å². The van der Waals surface area contributed by atoms with Crippen LogP contribution in [-0.4, -0.2) is 58.6 Å². The van der Waals surface area contributed by atoms with Gasteiger partial charge in [-0.3, -0.25) is 14.4 Å². The van der Waals surface area contributed by atoms with Crippen molar-refractivity contribution in [1.82, 2.24) is 15.1 Å². The van der Waals surface area contributed by atoms with E-state index in [0.29, 0.717) is 19.4 Å². The number of nitrogens with zero attached hydrogens (tertiary/aromatic N) is 2. The van der Waals surface area contributed by atoms with Crippen LogP contribution in [-0.2, 0) is 38.7 Å². The van der Waals surface area contributed by atoms with Gasteiger partial charge in [0.2, 0.25) is 17.7 Å². The van der Waals surface area contributed by atoms with Crippen molar-refractivity contribution in [2.45, 2.75) is 64.0 Å². The number of carbonyl (C=O) groups excluding carboxylic acids is 4. The van der Waals surface area contributed by atoms with Gasteiger partial charge in [0, 0.05) is 31.8 Å². The summed E-state index contributed by atoms with van der Waals surface area (Å²) in [6.07, 6.45) is 0.455.